The summed E-state index contributed by atoms with van der Waals surface area (Å²) in [6.45, 7) is 4.95. The molecule has 1 saturated carbocycles. The number of ketones is 1. The number of hydrogen-bond acceptors (Lipinski definition) is 5. The van der Waals surface area contributed by atoms with Crippen LogP contribution in [-0.2, 0) is 24.0 Å². The molecule has 5 rings (SSSR count). The van der Waals surface area contributed by atoms with Gasteiger partial charge in [0.1, 0.15) is 5.60 Å². The predicted molar refractivity (Wildman–Crippen MR) is 73.3 cm³/mol. The standard InChI is InChI=1S/C16H21F3O5/c1-8-4-5-10-14(3,11(20)16(17,18)19)22-12-15(10)9(8)6-7-13(2,21-12)23-24-15/h8-10,12H,4-7H2,1-3H3/t8-,9+,10+,12+,13+,14-,15-/m1/s1. The minimum absolute atomic E-state index is 0.0755. The maximum absolute atomic E-state index is 13.2. The lowest BCUT2D eigenvalue weighted by molar-refractivity contribution is -0.541. The van der Waals surface area contributed by atoms with Gasteiger partial charge in [-0.15, -0.1) is 0 Å². The van der Waals surface area contributed by atoms with Crippen molar-refractivity contribution in [2.75, 3.05) is 0 Å². The molecule has 4 aliphatic heterocycles. The monoisotopic (exact) mass is 350 g/mol. The summed E-state index contributed by atoms with van der Waals surface area (Å²) in [4.78, 5) is 23.3. The molecule has 8 heteroatoms. The summed E-state index contributed by atoms with van der Waals surface area (Å²) < 4.78 is 51.1. The number of carbonyl (C=O) groups is 1. The highest BCUT2D eigenvalue weighted by Gasteiger charge is 2.77. The van der Waals surface area contributed by atoms with Crippen molar-refractivity contribution in [1.82, 2.24) is 0 Å². The van der Waals surface area contributed by atoms with Gasteiger partial charge in [-0.1, -0.05) is 6.92 Å². The Labute approximate surface area is 137 Å². The molecule has 0 aromatic rings. The first-order chi connectivity index (χ1) is 11.0. The maximum Gasteiger partial charge on any atom is 0.453 e. The molecule has 7 atom stereocenters. The molecule has 24 heavy (non-hydrogen) atoms. The van der Waals surface area contributed by atoms with Crippen LogP contribution in [0.4, 0.5) is 13.2 Å². The van der Waals surface area contributed by atoms with Crippen LogP contribution in [0.5, 0.6) is 0 Å². The summed E-state index contributed by atoms with van der Waals surface area (Å²) in [6.07, 6.45) is -3.63. The fourth-order valence-corrected chi connectivity index (χ4v) is 5.20. The number of halogens is 3. The Kier molecular flexibility index (Phi) is 3.29. The van der Waals surface area contributed by atoms with E-state index in [1.165, 1.54) is 6.92 Å². The molecule has 0 radical (unpaired) electrons. The summed E-state index contributed by atoms with van der Waals surface area (Å²) in [5.74, 6) is -3.55. The van der Waals surface area contributed by atoms with E-state index < -0.39 is 41.2 Å². The van der Waals surface area contributed by atoms with Crippen molar-refractivity contribution >= 4 is 5.78 Å². The molecule has 0 aromatic heterocycles. The number of hydrogen-bond donors (Lipinski definition) is 0. The second-order valence-electron chi connectivity index (χ2n) is 7.91. The van der Waals surface area contributed by atoms with Gasteiger partial charge in [0.2, 0.25) is 5.79 Å². The molecule has 0 aromatic carbocycles. The first-order valence-corrected chi connectivity index (χ1v) is 8.37. The van der Waals surface area contributed by atoms with Gasteiger partial charge in [-0.25, -0.2) is 9.78 Å². The average Bonchev–Trinajstić information content (AvgIpc) is 2.58. The van der Waals surface area contributed by atoms with Crippen LogP contribution in [0.2, 0.25) is 0 Å². The van der Waals surface area contributed by atoms with Crippen LogP contribution >= 0.6 is 0 Å². The minimum Gasteiger partial charge on any atom is -0.335 e. The molecule has 4 saturated heterocycles. The maximum atomic E-state index is 13.2. The van der Waals surface area contributed by atoms with Gasteiger partial charge < -0.3 is 9.47 Å². The third kappa shape index (κ3) is 1.94. The van der Waals surface area contributed by atoms with Crippen molar-refractivity contribution in [3.05, 3.63) is 0 Å². The lowest BCUT2D eigenvalue weighted by Crippen LogP contribution is -2.62. The van der Waals surface area contributed by atoms with Crippen LogP contribution in [0, 0.1) is 17.8 Å². The minimum atomic E-state index is -4.98. The quantitative estimate of drug-likeness (QED) is 0.680. The van der Waals surface area contributed by atoms with E-state index in [0.29, 0.717) is 25.7 Å². The largest absolute Gasteiger partial charge is 0.453 e. The van der Waals surface area contributed by atoms with Gasteiger partial charge in [-0.05, 0) is 44.9 Å². The van der Waals surface area contributed by atoms with Gasteiger partial charge >= 0.3 is 6.18 Å². The van der Waals surface area contributed by atoms with Crippen molar-refractivity contribution in [2.24, 2.45) is 17.8 Å². The fraction of sp³-hybridized carbons (Fsp3) is 0.938. The van der Waals surface area contributed by atoms with Crippen molar-refractivity contribution < 1.29 is 37.2 Å². The fourth-order valence-electron chi connectivity index (χ4n) is 5.20. The summed E-state index contributed by atoms with van der Waals surface area (Å²) in [7, 11) is 0. The topological polar surface area (TPSA) is 54.0 Å². The highest BCUT2D eigenvalue weighted by atomic mass is 19.4. The van der Waals surface area contributed by atoms with E-state index in [1.54, 1.807) is 6.92 Å². The van der Waals surface area contributed by atoms with Crippen molar-refractivity contribution in [2.45, 2.75) is 75.9 Å². The molecule has 1 aliphatic carbocycles. The molecule has 5 nitrogen and oxygen atoms in total. The van der Waals surface area contributed by atoms with Crippen LogP contribution in [0.25, 0.3) is 0 Å². The second-order valence-corrected chi connectivity index (χ2v) is 7.91. The Morgan fingerprint density at radius 1 is 1.08 bits per heavy atom. The van der Waals surface area contributed by atoms with Crippen LogP contribution in [0.1, 0.15) is 46.5 Å². The Morgan fingerprint density at radius 3 is 2.46 bits per heavy atom. The molecule has 136 valence electrons. The normalized spacial score (nSPS) is 53.6. The average molecular weight is 350 g/mol. The Morgan fingerprint density at radius 2 is 1.79 bits per heavy atom. The summed E-state index contributed by atoms with van der Waals surface area (Å²) in [6, 6.07) is 0. The van der Waals surface area contributed by atoms with E-state index in [0.717, 1.165) is 0 Å². The first-order valence-electron chi connectivity index (χ1n) is 8.37. The van der Waals surface area contributed by atoms with Gasteiger partial charge in [-0.3, -0.25) is 4.79 Å². The molecule has 4 heterocycles. The predicted octanol–water partition coefficient (Wildman–Crippen LogP) is 3.12. The SMILES string of the molecule is C[C@@H]1CC[C@@H]2[C@]34OO[C@@](C)(CC[C@@H]13)O[C@H]4O[C@@]2(C)C(=O)C(F)(F)F. The molecule has 0 N–H and O–H groups in total. The third-order valence-electron chi connectivity index (χ3n) is 6.44. The van der Waals surface area contributed by atoms with Crippen LogP contribution in [0.3, 0.4) is 0 Å². The van der Waals surface area contributed by atoms with E-state index in [2.05, 4.69) is 6.92 Å². The third-order valence-corrected chi connectivity index (χ3v) is 6.44. The smallest absolute Gasteiger partial charge is 0.335 e. The number of ether oxygens (including phenoxy) is 2. The van der Waals surface area contributed by atoms with Gasteiger partial charge in [0.05, 0.1) is 0 Å². The van der Waals surface area contributed by atoms with Crippen molar-refractivity contribution in [3.63, 3.8) is 0 Å². The highest BCUT2D eigenvalue weighted by Crippen LogP contribution is 2.63. The van der Waals surface area contributed by atoms with Gasteiger partial charge in [0, 0.05) is 12.3 Å². The number of rotatable bonds is 1. The van der Waals surface area contributed by atoms with E-state index >= 15 is 0 Å². The van der Waals surface area contributed by atoms with Crippen LogP contribution < -0.4 is 0 Å². The van der Waals surface area contributed by atoms with E-state index in [-0.39, 0.29) is 11.8 Å². The molecule has 5 aliphatic rings. The van der Waals surface area contributed by atoms with E-state index in [9.17, 15) is 18.0 Å². The Balaban J connectivity index is 1.82. The summed E-state index contributed by atoms with van der Waals surface area (Å²) in [5.41, 5.74) is -3.18. The first kappa shape index (κ1) is 16.8. The second kappa shape index (κ2) is 4.72. The molecule has 0 unspecified atom stereocenters. The van der Waals surface area contributed by atoms with Crippen LogP contribution in [0.15, 0.2) is 0 Å². The van der Waals surface area contributed by atoms with E-state index in [1.807, 2.05) is 0 Å². The zero-order valence-electron chi connectivity index (χ0n) is 13.8. The van der Waals surface area contributed by atoms with Gasteiger partial charge in [-0.2, -0.15) is 13.2 Å². The molecule has 1 spiro atoms. The number of alkyl halides is 3. The van der Waals surface area contributed by atoms with Crippen molar-refractivity contribution in [1.29, 1.82) is 0 Å². The summed E-state index contributed by atoms with van der Waals surface area (Å²) >= 11 is 0. The molecule has 5 fully saturated rings. The highest BCUT2D eigenvalue weighted by molar-refractivity contribution is 5.92. The van der Waals surface area contributed by atoms with Crippen molar-refractivity contribution in [3.8, 4) is 0 Å². The lowest BCUT2D eigenvalue weighted by Gasteiger charge is -2.50. The molecule has 2 bridgehead atoms. The van der Waals surface area contributed by atoms with Gasteiger partial charge in [0.15, 0.2) is 11.9 Å². The Bertz CT molecular complexity index is 581. The Hall–Kier alpha value is -0.700. The lowest BCUT2D eigenvalue weighted by atomic mass is 9.59. The zero-order valence-corrected chi connectivity index (χ0v) is 13.8. The van der Waals surface area contributed by atoms with Gasteiger partial charge in [0.25, 0.3) is 5.78 Å². The number of Topliss-reactive ketones (excluding diaryl/α,β-unsaturated/α-hetero) is 1. The molecular weight excluding hydrogens is 329 g/mol. The summed E-state index contributed by atoms with van der Waals surface area (Å²) in [5, 5.41) is 0. The molecule has 0 amide bonds. The molecular formula is C16H21F3O5. The number of carbonyl (C=O) groups excluding carboxylic acids is 1. The van der Waals surface area contributed by atoms with Crippen LogP contribution in [-0.4, -0.2) is 35.2 Å². The number of fused-ring (bicyclic) bond motifs is 2. The van der Waals surface area contributed by atoms with E-state index in [4.69, 9.17) is 19.2 Å². The zero-order chi connectivity index (χ0) is 17.5.